The minimum atomic E-state index is 0. The lowest BCUT2D eigenvalue weighted by atomic mass is 10.3. The fourth-order valence-corrected chi connectivity index (χ4v) is 1.44. The number of hydrogen-bond acceptors (Lipinski definition) is 4. The molecule has 5 heteroatoms. The Morgan fingerprint density at radius 2 is 2.47 bits per heavy atom. The van der Waals surface area contributed by atoms with Crippen molar-refractivity contribution in [2.45, 2.75) is 12.5 Å². The molecule has 1 atom stereocenters. The maximum Gasteiger partial charge on any atom is 0.214 e. The predicted octanol–water partition coefficient (Wildman–Crippen LogP) is 1.12. The zero-order valence-electron chi connectivity index (χ0n) is 8.14. The summed E-state index contributed by atoms with van der Waals surface area (Å²) < 4.78 is 5.59. The zero-order valence-corrected chi connectivity index (χ0v) is 8.96. The van der Waals surface area contributed by atoms with Gasteiger partial charge in [-0.3, -0.25) is 0 Å². The Bertz CT molecular complexity index is 358. The van der Waals surface area contributed by atoms with Crippen molar-refractivity contribution in [3.63, 3.8) is 0 Å². The zero-order chi connectivity index (χ0) is 9.80. The first-order chi connectivity index (χ1) is 6.88. The summed E-state index contributed by atoms with van der Waals surface area (Å²) in [6.07, 6.45) is 2.78. The van der Waals surface area contributed by atoms with Gasteiger partial charge in [0, 0.05) is 18.8 Å². The molecule has 0 spiro atoms. The average Bonchev–Trinajstić information content (AvgIpc) is 2.71. The van der Waals surface area contributed by atoms with Crippen molar-refractivity contribution >= 4 is 12.4 Å². The fraction of sp³-hybridized carbons (Fsp3) is 0.400. The standard InChI is InChI=1S/C10H11N3O.ClH/c11-6-8-1-4-13-10(5-8)14-9-2-3-12-7-9;/h1,4-5,9,12H,2-3,7H2;1H/t9-;/m0./s1. The van der Waals surface area contributed by atoms with Gasteiger partial charge in [-0.25, -0.2) is 4.98 Å². The SMILES string of the molecule is Cl.N#Cc1ccnc(O[C@H]2CCNC2)c1. The van der Waals surface area contributed by atoms with E-state index in [4.69, 9.17) is 10.00 Å². The molecule has 2 heterocycles. The first-order valence-electron chi connectivity index (χ1n) is 4.62. The third-order valence-electron chi connectivity index (χ3n) is 2.17. The number of halogens is 1. The number of aromatic nitrogens is 1. The van der Waals surface area contributed by atoms with Crippen LogP contribution in [0.15, 0.2) is 18.3 Å². The smallest absolute Gasteiger partial charge is 0.214 e. The van der Waals surface area contributed by atoms with Crippen molar-refractivity contribution < 1.29 is 4.74 Å². The van der Waals surface area contributed by atoms with E-state index in [0.29, 0.717) is 11.4 Å². The summed E-state index contributed by atoms with van der Waals surface area (Å²) in [5, 5.41) is 11.9. The van der Waals surface area contributed by atoms with E-state index in [1.807, 2.05) is 0 Å². The van der Waals surface area contributed by atoms with Crippen LogP contribution in [0.3, 0.4) is 0 Å². The highest BCUT2D eigenvalue weighted by Gasteiger charge is 2.16. The molecule has 1 aliphatic rings. The van der Waals surface area contributed by atoms with Gasteiger partial charge in [0.1, 0.15) is 6.10 Å². The second kappa shape index (κ2) is 5.54. The molecule has 0 saturated carbocycles. The molecular formula is C10H12ClN3O. The van der Waals surface area contributed by atoms with Crippen molar-refractivity contribution in [1.82, 2.24) is 10.3 Å². The van der Waals surface area contributed by atoms with Gasteiger partial charge in [0.15, 0.2) is 0 Å². The minimum absolute atomic E-state index is 0. The van der Waals surface area contributed by atoms with E-state index < -0.39 is 0 Å². The van der Waals surface area contributed by atoms with Gasteiger partial charge in [-0.2, -0.15) is 5.26 Å². The Labute approximate surface area is 94.7 Å². The second-order valence-corrected chi connectivity index (χ2v) is 3.23. The molecular weight excluding hydrogens is 214 g/mol. The van der Waals surface area contributed by atoms with E-state index >= 15 is 0 Å². The molecule has 2 rings (SSSR count). The first kappa shape index (κ1) is 11.8. The van der Waals surface area contributed by atoms with E-state index in [0.717, 1.165) is 19.5 Å². The number of rotatable bonds is 2. The minimum Gasteiger partial charge on any atom is -0.473 e. The molecule has 1 aromatic heterocycles. The molecule has 80 valence electrons. The number of nitrogens with zero attached hydrogens (tertiary/aromatic N) is 2. The average molecular weight is 226 g/mol. The lowest BCUT2D eigenvalue weighted by Gasteiger charge is -2.10. The van der Waals surface area contributed by atoms with Crippen LogP contribution >= 0.6 is 12.4 Å². The Morgan fingerprint density at radius 3 is 3.13 bits per heavy atom. The third kappa shape index (κ3) is 3.08. The van der Waals surface area contributed by atoms with Crippen molar-refractivity contribution in [2.24, 2.45) is 0 Å². The van der Waals surface area contributed by atoms with Gasteiger partial charge in [0.25, 0.3) is 0 Å². The molecule has 0 unspecified atom stereocenters. The molecule has 0 aromatic carbocycles. The summed E-state index contributed by atoms with van der Waals surface area (Å²) in [7, 11) is 0. The van der Waals surface area contributed by atoms with Crippen LogP contribution in [0.1, 0.15) is 12.0 Å². The normalized spacial score (nSPS) is 19.0. The molecule has 0 aliphatic carbocycles. The maximum atomic E-state index is 8.68. The number of nitriles is 1. The molecule has 0 amide bonds. The number of pyridine rings is 1. The van der Waals surface area contributed by atoms with Crippen LogP contribution < -0.4 is 10.1 Å². The van der Waals surface area contributed by atoms with Gasteiger partial charge >= 0.3 is 0 Å². The highest BCUT2D eigenvalue weighted by atomic mass is 35.5. The molecule has 1 N–H and O–H groups in total. The maximum absolute atomic E-state index is 8.68. The lowest BCUT2D eigenvalue weighted by molar-refractivity contribution is 0.214. The van der Waals surface area contributed by atoms with Gasteiger partial charge in [0.2, 0.25) is 5.88 Å². The van der Waals surface area contributed by atoms with E-state index in [1.165, 1.54) is 0 Å². The number of hydrogen-bond donors (Lipinski definition) is 1. The number of ether oxygens (including phenoxy) is 1. The van der Waals surface area contributed by atoms with Crippen molar-refractivity contribution in [3.8, 4) is 11.9 Å². The quantitative estimate of drug-likeness (QED) is 0.820. The third-order valence-corrected chi connectivity index (χ3v) is 2.17. The summed E-state index contributed by atoms with van der Waals surface area (Å²) >= 11 is 0. The molecule has 0 radical (unpaired) electrons. The second-order valence-electron chi connectivity index (χ2n) is 3.23. The van der Waals surface area contributed by atoms with Crippen LogP contribution in [0.2, 0.25) is 0 Å². The van der Waals surface area contributed by atoms with Crippen LogP contribution in [0.5, 0.6) is 5.88 Å². The Hall–Kier alpha value is -1.31. The summed E-state index contributed by atoms with van der Waals surface area (Å²) in [6, 6.07) is 5.39. The van der Waals surface area contributed by atoms with Crippen LogP contribution in [0.25, 0.3) is 0 Å². The monoisotopic (exact) mass is 225 g/mol. The van der Waals surface area contributed by atoms with Gasteiger partial charge < -0.3 is 10.1 Å². The van der Waals surface area contributed by atoms with E-state index in [2.05, 4.69) is 16.4 Å². The lowest BCUT2D eigenvalue weighted by Crippen LogP contribution is -2.20. The molecule has 1 aromatic rings. The van der Waals surface area contributed by atoms with Gasteiger partial charge in [-0.05, 0) is 19.0 Å². The highest BCUT2D eigenvalue weighted by Crippen LogP contribution is 2.12. The summed E-state index contributed by atoms with van der Waals surface area (Å²) in [4.78, 5) is 4.05. The van der Waals surface area contributed by atoms with Crippen molar-refractivity contribution in [1.29, 1.82) is 5.26 Å². The largest absolute Gasteiger partial charge is 0.473 e. The van der Waals surface area contributed by atoms with E-state index in [-0.39, 0.29) is 18.5 Å². The van der Waals surface area contributed by atoms with E-state index in [9.17, 15) is 0 Å². The number of nitrogens with one attached hydrogen (secondary N) is 1. The molecule has 4 nitrogen and oxygen atoms in total. The Balaban J connectivity index is 0.00000112. The van der Waals surface area contributed by atoms with Crippen LogP contribution in [0, 0.1) is 11.3 Å². The van der Waals surface area contributed by atoms with Gasteiger partial charge in [0.05, 0.1) is 11.6 Å². The summed E-state index contributed by atoms with van der Waals surface area (Å²) in [5.41, 5.74) is 0.584. The van der Waals surface area contributed by atoms with E-state index in [1.54, 1.807) is 18.3 Å². The highest BCUT2D eigenvalue weighted by molar-refractivity contribution is 5.85. The summed E-state index contributed by atoms with van der Waals surface area (Å²) in [5.74, 6) is 0.540. The molecule has 1 saturated heterocycles. The summed E-state index contributed by atoms with van der Waals surface area (Å²) in [6.45, 7) is 1.85. The van der Waals surface area contributed by atoms with Crippen LogP contribution in [-0.4, -0.2) is 24.2 Å². The van der Waals surface area contributed by atoms with Crippen LogP contribution in [-0.2, 0) is 0 Å². The molecule has 1 aliphatic heterocycles. The molecule has 15 heavy (non-hydrogen) atoms. The topological polar surface area (TPSA) is 57.9 Å². The Kier molecular flexibility index (Phi) is 4.35. The van der Waals surface area contributed by atoms with Gasteiger partial charge in [-0.1, -0.05) is 0 Å². The van der Waals surface area contributed by atoms with Crippen molar-refractivity contribution in [2.75, 3.05) is 13.1 Å². The predicted molar refractivity (Wildman–Crippen MR) is 58.1 cm³/mol. The fourth-order valence-electron chi connectivity index (χ4n) is 1.44. The first-order valence-corrected chi connectivity index (χ1v) is 4.62. The van der Waals surface area contributed by atoms with Gasteiger partial charge in [-0.15, -0.1) is 12.4 Å². The molecule has 0 bridgehead atoms. The Morgan fingerprint density at radius 1 is 1.60 bits per heavy atom. The molecule has 1 fully saturated rings. The van der Waals surface area contributed by atoms with Crippen molar-refractivity contribution in [3.05, 3.63) is 23.9 Å². The van der Waals surface area contributed by atoms with Crippen LogP contribution in [0.4, 0.5) is 0 Å².